The van der Waals surface area contributed by atoms with E-state index in [0.717, 1.165) is 49.0 Å². The molecule has 0 radical (unpaired) electrons. The van der Waals surface area contributed by atoms with Crippen molar-refractivity contribution < 1.29 is 10.0 Å². The summed E-state index contributed by atoms with van der Waals surface area (Å²) in [6.45, 7) is 0. The highest BCUT2D eigenvalue weighted by Gasteiger charge is 2.05. The number of hydrogen-bond acceptors (Lipinski definition) is 3. The Hall–Kier alpha value is -2.66. The van der Waals surface area contributed by atoms with Gasteiger partial charge in [-0.2, -0.15) is 0 Å². The average Bonchev–Trinajstić information content (AvgIpc) is 3.06. The summed E-state index contributed by atoms with van der Waals surface area (Å²) in [5.74, 6) is 0.694. The first kappa shape index (κ1) is 17.2. The number of carbonyl (C=O) groups excluding carboxylic acids is 1. The number of nitrogens with zero attached hydrogens (tertiary/aromatic N) is 1. The van der Waals surface area contributed by atoms with Crippen molar-refractivity contribution in [2.45, 2.75) is 38.5 Å². The van der Waals surface area contributed by atoms with E-state index < -0.39 is 0 Å². The molecule has 0 unspecified atom stereocenters. The summed E-state index contributed by atoms with van der Waals surface area (Å²) in [7, 11) is 0. The quantitative estimate of drug-likeness (QED) is 0.327. The van der Waals surface area contributed by atoms with E-state index in [2.05, 4.69) is 40.3 Å². The van der Waals surface area contributed by atoms with Crippen LogP contribution >= 0.6 is 0 Å². The van der Waals surface area contributed by atoms with Gasteiger partial charge in [0.25, 0.3) is 0 Å². The lowest BCUT2D eigenvalue weighted by molar-refractivity contribution is -0.129. The SMILES string of the molecule is O=C(CCCCCCc1nc2ccc(-c3ccccc3)cc2[nH]1)NO. The molecule has 0 aliphatic rings. The van der Waals surface area contributed by atoms with Crippen molar-refractivity contribution in [2.24, 2.45) is 0 Å². The van der Waals surface area contributed by atoms with Gasteiger partial charge in [-0.25, -0.2) is 10.5 Å². The molecule has 0 aliphatic heterocycles. The van der Waals surface area contributed by atoms with Crippen molar-refractivity contribution in [3.63, 3.8) is 0 Å². The number of aromatic nitrogens is 2. The van der Waals surface area contributed by atoms with E-state index in [1.165, 1.54) is 11.1 Å². The lowest BCUT2D eigenvalue weighted by Crippen LogP contribution is -2.17. The van der Waals surface area contributed by atoms with Crippen molar-refractivity contribution in [3.05, 3.63) is 54.4 Å². The van der Waals surface area contributed by atoms with Crippen molar-refractivity contribution in [1.29, 1.82) is 0 Å². The summed E-state index contributed by atoms with van der Waals surface area (Å²) in [6, 6.07) is 16.6. The van der Waals surface area contributed by atoms with Crippen LogP contribution in [-0.4, -0.2) is 21.1 Å². The van der Waals surface area contributed by atoms with E-state index in [1.807, 2.05) is 18.2 Å². The third kappa shape index (κ3) is 4.67. The number of hydroxylamine groups is 1. The monoisotopic (exact) mass is 337 g/mol. The Labute approximate surface area is 147 Å². The summed E-state index contributed by atoms with van der Waals surface area (Å²) in [4.78, 5) is 19.0. The molecule has 0 bridgehead atoms. The minimum atomic E-state index is -0.313. The zero-order chi connectivity index (χ0) is 17.5. The van der Waals surface area contributed by atoms with Gasteiger partial charge in [0.05, 0.1) is 11.0 Å². The lowest BCUT2D eigenvalue weighted by Gasteiger charge is -2.00. The molecule has 5 heteroatoms. The standard InChI is InChI=1S/C20H23N3O2/c24-20(23-25)11-7-2-1-6-10-19-21-17-13-12-16(14-18(17)22-19)15-8-4-3-5-9-15/h3-5,8-9,12-14,25H,1-2,6-7,10-11H2,(H,21,22)(H,23,24). The molecule has 130 valence electrons. The van der Waals surface area contributed by atoms with Crippen LogP contribution in [0, 0.1) is 0 Å². The van der Waals surface area contributed by atoms with Crippen LogP contribution in [0.25, 0.3) is 22.2 Å². The molecule has 1 heterocycles. The number of amides is 1. The molecule has 3 rings (SSSR count). The number of carbonyl (C=O) groups is 1. The number of H-pyrrole nitrogens is 1. The fraction of sp³-hybridized carbons (Fsp3) is 0.300. The van der Waals surface area contributed by atoms with Gasteiger partial charge >= 0.3 is 0 Å². The van der Waals surface area contributed by atoms with Gasteiger partial charge in [0.2, 0.25) is 5.91 Å². The maximum Gasteiger partial charge on any atom is 0.243 e. The zero-order valence-corrected chi connectivity index (χ0v) is 14.2. The van der Waals surface area contributed by atoms with Crippen molar-refractivity contribution in [2.75, 3.05) is 0 Å². The van der Waals surface area contributed by atoms with Crippen LogP contribution in [0.1, 0.15) is 37.9 Å². The highest BCUT2D eigenvalue weighted by molar-refractivity contribution is 5.82. The van der Waals surface area contributed by atoms with E-state index in [1.54, 1.807) is 5.48 Å². The van der Waals surface area contributed by atoms with Crippen molar-refractivity contribution >= 4 is 16.9 Å². The van der Waals surface area contributed by atoms with E-state index in [-0.39, 0.29) is 5.91 Å². The summed E-state index contributed by atoms with van der Waals surface area (Å²) < 4.78 is 0. The lowest BCUT2D eigenvalue weighted by atomic mass is 10.1. The molecular formula is C20H23N3O2. The molecule has 0 saturated heterocycles. The summed E-state index contributed by atoms with van der Waals surface area (Å²) in [5.41, 5.74) is 6.11. The number of rotatable bonds is 8. The molecule has 0 aliphatic carbocycles. The second-order valence-electron chi connectivity index (χ2n) is 6.23. The number of benzene rings is 2. The van der Waals surface area contributed by atoms with Crippen LogP contribution < -0.4 is 5.48 Å². The second kappa shape index (κ2) is 8.44. The van der Waals surface area contributed by atoms with Crippen LogP contribution in [0.4, 0.5) is 0 Å². The number of aromatic amines is 1. The maximum atomic E-state index is 10.9. The molecular weight excluding hydrogens is 314 g/mol. The van der Waals surface area contributed by atoms with E-state index in [0.29, 0.717) is 6.42 Å². The molecule has 0 fully saturated rings. The van der Waals surface area contributed by atoms with Crippen LogP contribution in [0.2, 0.25) is 0 Å². The molecule has 0 spiro atoms. The third-order valence-electron chi connectivity index (χ3n) is 4.33. The maximum absolute atomic E-state index is 10.9. The van der Waals surface area contributed by atoms with Crippen LogP contribution in [-0.2, 0) is 11.2 Å². The Morgan fingerprint density at radius 3 is 2.60 bits per heavy atom. The molecule has 1 amide bonds. The predicted molar refractivity (Wildman–Crippen MR) is 98.2 cm³/mol. The van der Waals surface area contributed by atoms with Gasteiger partial charge in [-0.1, -0.05) is 49.2 Å². The fourth-order valence-electron chi connectivity index (χ4n) is 2.98. The first-order chi connectivity index (χ1) is 12.3. The Balaban J connectivity index is 1.54. The second-order valence-corrected chi connectivity index (χ2v) is 6.23. The Bertz CT molecular complexity index is 827. The molecule has 1 aromatic heterocycles. The molecule has 0 atom stereocenters. The highest BCUT2D eigenvalue weighted by Crippen LogP contribution is 2.23. The smallest absolute Gasteiger partial charge is 0.243 e. The van der Waals surface area contributed by atoms with Gasteiger partial charge in [0.15, 0.2) is 0 Å². The molecule has 2 aromatic carbocycles. The van der Waals surface area contributed by atoms with Gasteiger partial charge in [-0.05, 0) is 36.1 Å². The predicted octanol–water partition coefficient (Wildman–Crippen LogP) is 4.23. The number of nitrogens with one attached hydrogen (secondary N) is 2. The third-order valence-corrected chi connectivity index (χ3v) is 4.33. The number of aryl methyl sites for hydroxylation is 1. The van der Waals surface area contributed by atoms with Gasteiger partial charge < -0.3 is 4.98 Å². The normalized spacial score (nSPS) is 10.9. The van der Waals surface area contributed by atoms with Crippen molar-refractivity contribution in [3.8, 4) is 11.1 Å². The Morgan fingerprint density at radius 2 is 1.80 bits per heavy atom. The molecule has 25 heavy (non-hydrogen) atoms. The highest BCUT2D eigenvalue weighted by atomic mass is 16.5. The molecule has 3 aromatic rings. The number of unbranched alkanes of at least 4 members (excludes halogenated alkanes) is 3. The fourth-order valence-corrected chi connectivity index (χ4v) is 2.98. The van der Waals surface area contributed by atoms with Crippen LogP contribution in [0.15, 0.2) is 48.5 Å². The molecule has 0 saturated carbocycles. The first-order valence-electron chi connectivity index (χ1n) is 8.73. The van der Waals surface area contributed by atoms with Gasteiger partial charge in [0.1, 0.15) is 5.82 Å². The Morgan fingerprint density at radius 1 is 1.00 bits per heavy atom. The number of fused-ring (bicyclic) bond motifs is 1. The van der Waals surface area contributed by atoms with Gasteiger partial charge in [0, 0.05) is 12.8 Å². The first-order valence-corrected chi connectivity index (χ1v) is 8.73. The van der Waals surface area contributed by atoms with E-state index in [9.17, 15) is 4.79 Å². The largest absolute Gasteiger partial charge is 0.342 e. The van der Waals surface area contributed by atoms with Gasteiger partial charge in [-0.15, -0.1) is 0 Å². The number of hydrogen-bond donors (Lipinski definition) is 3. The van der Waals surface area contributed by atoms with Gasteiger partial charge in [-0.3, -0.25) is 10.0 Å². The van der Waals surface area contributed by atoms with Crippen LogP contribution in [0.3, 0.4) is 0 Å². The summed E-state index contributed by atoms with van der Waals surface area (Å²) in [5, 5.41) is 8.44. The minimum absolute atomic E-state index is 0.313. The van der Waals surface area contributed by atoms with E-state index >= 15 is 0 Å². The zero-order valence-electron chi connectivity index (χ0n) is 14.2. The minimum Gasteiger partial charge on any atom is -0.342 e. The molecule has 3 N–H and O–H groups in total. The number of imidazole rings is 1. The summed E-state index contributed by atoms with van der Waals surface area (Å²) in [6.07, 6.45) is 5.14. The Kier molecular flexibility index (Phi) is 5.80. The molecule has 5 nitrogen and oxygen atoms in total. The van der Waals surface area contributed by atoms with E-state index in [4.69, 9.17) is 5.21 Å². The topological polar surface area (TPSA) is 78.0 Å². The van der Waals surface area contributed by atoms with Crippen LogP contribution in [0.5, 0.6) is 0 Å². The summed E-state index contributed by atoms with van der Waals surface area (Å²) >= 11 is 0. The average molecular weight is 337 g/mol. The van der Waals surface area contributed by atoms with Crippen molar-refractivity contribution in [1.82, 2.24) is 15.4 Å².